The molecule has 0 aliphatic rings. The monoisotopic (exact) mass is 589 g/mol. The van der Waals surface area contributed by atoms with Crippen molar-refractivity contribution in [2.45, 2.75) is 32.5 Å². The predicted molar refractivity (Wildman–Crippen MR) is 165 cm³/mol. The molecule has 43 heavy (non-hydrogen) atoms. The number of carbonyl (C=O) groups excluding carboxylic acids is 2. The summed E-state index contributed by atoms with van der Waals surface area (Å²) in [6.45, 7) is 2.98. The van der Waals surface area contributed by atoms with Gasteiger partial charge in [0.25, 0.3) is 11.6 Å². The smallest absolute Gasteiger partial charge is 0.548 e. The standard InChI is InChI=1S/C33H33N3O5S.Li/c1-23-8-6-7-11-28(23)30-20-25(12-17-29(30)32(37)34-31(33(38)39)18-19-42-2)22-35(21-24-9-4-3-5-10-24)26-13-15-27(16-14-26)36(40)41;/h3-17,20,31H,18-19,21-22H2,1-2H3,(H,34,37)(H,38,39);/q;+1/p-1/t31-;/m0./s1. The third-order valence-corrected chi connectivity index (χ3v) is 7.62. The normalized spacial score (nSPS) is 11.2. The van der Waals surface area contributed by atoms with E-state index >= 15 is 0 Å². The minimum atomic E-state index is -1.31. The Labute approximate surface area is 267 Å². The van der Waals surface area contributed by atoms with Crippen LogP contribution in [-0.4, -0.2) is 34.9 Å². The van der Waals surface area contributed by atoms with Crippen LogP contribution in [0.1, 0.15) is 33.5 Å². The quantitative estimate of drug-likeness (QED) is 0.145. The van der Waals surface area contributed by atoms with Gasteiger partial charge in [-0.25, -0.2) is 0 Å². The van der Waals surface area contributed by atoms with Crippen molar-refractivity contribution in [1.29, 1.82) is 0 Å². The molecule has 1 amide bonds. The van der Waals surface area contributed by atoms with Crippen molar-refractivity contribution in [3.05, 3.63) is 129 Å². The molecule has 0 aromatic heterocycles. The van der Waals surface area contributed by atoms with E-state index in [9.17, 15) is 24.8 Å². The maximum Gasteiger partial charge on any atom is 1.00 e. The zero-order chi connectivity index (χ0) is 30.1. The zero-order valence-corrected chi connectivity index (χ0v) is 25.3. The van der Waals surface area contributed by atoms with Crippen LogP contribution in [0.5, 0.6) is 0 Å². The number of non-ortho nitro benzene ring substituents is 1. The van der Waals surface area contributed by atoms with Crippen molar-refractivity contribution in [3.63, 3.8) is 0 Å². The molecule has 4 rings (SSSR count). The minimum absolute atomic E-state index is 0. The molecule has 0 bridgehead atoms. The van der Waals surface area contributed by atoms with Crippen LogP contribution in [0.3, 0.4) is 0 Å². The van der Waals surface area contributed by atoms with Gasteiger partial charge in [-0.1, -0.05) is 60.7 Å². The Morgan fingerprint density at radius 2 is 1.53 bits per heavy atom. The van der Waals surface area contributed by atoms with E-state index in [2.05, 4.69) is 10.2 Å². The number of thioether (sulfide) groups is 1. The van der Waals surface area contributed by atoms with E-state index in [1.54, 1.807) is 18.2 Å². The molecule has 4 aromatic carbocycles. The van der Waals surface area contributed by atoms with Gasteiger partial charge in [0.1, 0.15) is 0 Å². The van der Waals surface area contributed by atoms with Crippen molar-refractivity contribution in [2.75, 3.05) is 16.9 Å². The molecule has 0 radical (unpaired) electrons. The third-order valence-electron chi connectivity index (χ3n) is 6.98. The summed E-state index contributed by atoms with van der Waals surface area (Å²) in [6, 6.07) is 28.5. The van der Waals surface area contributed by atoms with Crippen molar-refractivity contribution in [2.24, 2.45) is 0 Å². The molecule has 10 heteroatoms. The van der Waals surface area contributed by atoms with Crippen LogP contribution in [0.15, 0.2) is 97.1 Å². The molecule has 1 N–H and O–H groups in total. The largest absolute Gasteiger partial charge is 1.00 e. The second kappa shape index (κ2) is 16.0. The summed E-state index contributed by atoms with van der Waals surface area (Å²) in [5.74, 6) is -1.22. The first-order valence-corrected chi connectivity index (χ1v) is 14.9. The van der Waals surface area contributed by atoms with Gasteiger partial charge in [-0.15, -0.1) is 0 Å². The van der Waals surface area contributed by atoms with Gasteiger partial charge in [0.15, 0.2) is 0 Å². The van der Waals surface area contributed by atoms with Gasteiger partial charge >= 0.3 is 18.9 Å². The number of anilines is 1. The fraction of sp³-hybridized carbons (Fsp3) is 0.212. The summed E-state index contributed by atoms with van der Waals surface area (Å²) in [4.78, 5) is 38.1. The summed E-state index contributed by atoms with van der Waals surface area (Å²) < 4.78 is 0. The number of aryl methyl sites for hydroxylation is 1. The topological polar surface area (TPSA) is 116 Å². The molecule has 0 aliphatic heterocycles. The molecule has 4 aromatic rings. The second-order valence-electron chi connectivity index (χ2n) is 9.94. The Morgan fingerprint density at radius 1 is 0.884 bits per heavy atom. The molecule has 0 fully saturated rings. The maximum absolute atomic E-state index is 13.4. The van der Waals surface area contributed by atoms with Crippen LogP contribution in [0, 0.1) is 17.0 Å². The molecular weight excluding hydrogens is 557 g/mol. The Bertz CT molecular complexity index is 1550. The number of aliphatic carboxylic acids is 1. The zero-order valence-electron chi connectivity index (χ0n) is 24.5. The average Bonchev–Trinajstić information content (AvgIpc) is 2.99. The molecule has 0 unspecified atom stereocenters. The molecule has 0 saturated heterocycles. The Hall–Kier alpha value is -4.03. The molecule has 1 atom stereocenters. The number of carboxylic acid groups (broad SMARTS) is 1. The van der Waals surface area contributed by atoms with Crippen molar-refractivity contribution < 1.29 is 38.5 Å². The van der Waals surface area contributed by atoms with Crippen LogP contribution in [0.4, 0.5) is 11.4 Å². The maximum atomic E-state index is 13.4. The Morgan fingerprint density at radius 3 is 2.16 bits per heavy atom. The Balaban J connectivity index is 0.00000506. The van der Waals surface area contributed by atoms with E-state index in [-0.39, 0.29) is 31.0 Å². The van der Waals surface area contributed by atoms with Crippen molar-refractivity contribution >= 4 is 35.0 Å². The van der Waals surface area contributed by atoms with Gasteiger partial charge in [-0.3, -0.25) is 14.9 Å². The van der Waals surface area contributed by atoms with E-state index < -0.39 is 22.8 Å². The molecule has 0 aliphatic carbocycles. The van der Waals surface area contributed by atoms with Crippen LogP contribution in [0.25, 0.3) is 11.1 Å². The van der Waals surface area contributed by atoms with Gasteiger partial charge in [0.2, 0.25) is 0 Å². The van der Waals surface area contributed by atoms with Crippen LogP contribution in [-0.2, 0) is 17.9 Å². The molecule has 0 saturated carbocycles. The van der Waals surface area contributed by atoms with Gasteiger partial charge in [-0.05, 0) is 77.4 Å². The van der Waals surface area contributed by atoms with Crippen LogP contribution < -0.4 is 34.2 Å². The SMILES string of the molecule is CSCC[C@H](NC(=O)c1ccc(CN(Cc2ccccc2)c2ccc([N+](=O)[O-])cc2)cc1-c1ccccc1C)C(=O)[O-].[Li+]. The number of nitro benzene ring substituents is 1. The van der Waals surface area contributed by atoms with Crippen LogP contribution >= 0.6 is 11.8 Å². The van der Waals surface area contributed by atoms with Gasteiger partial charge in [-0.2, -0.15) is 11.8 Å². The number of hydrogen-bond acceptors (Lipinski definition) is 7. The summed E-state index contributed by atoms with van der Waals surface area (Å²) in [6.07, 6.45) is 2.14. The number of rotatable bonds is 13. The minimum Gasteiger partial charge on any atom is -0.548 e. The third kappa shape index (κ3) is 8.98. The molecular formula is C33H32LiN3O5S. The average molecular weight is 590 g/mol. The first-order valence-electron chi connectivity index (χ1n) is 13.5. The van der Waals surface area contributed by atoms with E-state index in [0.29, 0.717) is 30.0 Å². The molecule has 0 spiro atoms. The fourth-order valence-corrected chi connectivity index (χ4v) is 5.23. The summed E-state index contributed by atoms with van der Waals surface area (Å²) >= 11 is 1.50. The first-order chi connectivity index (χ1) is 20.3. The summed E-state index contributed by atoms with van der Waals surface area (Å²) in [5.41, 5.74) is 5.71. The Kier molecular flexibility index (Phi) is 12.4. The number of nitrogens with one attached hydrogen (secondary N) is 1. The van der Waals surface area contributed by atoms with E-state index in [1.165, 1.54) is 23.9 Å². The number of carboxylic acids is 1. The number of amides is 1. The van der Waals surface area contributed by atoms with Gasteiger partial charge in [0, 0.05) is 36.5 Å². The van der Waals surface area contributed by atoms with E-state index in [1.807, 2.05) is 79.9 Å². The van der Waals surface area contributed by atoms with Crippen molar-refractivity contribution in [3.8, 4) is 11.1 Å². The second-order valence-corrected chi connectivity index (χ2v) is 10.9. The number of carbonyl (C=O) groups is 2. The molecule has 216 valence electrons. The van der Waals surface area contributed by atoms with Crippen LogP contribution in [0.2, 0.25) is 0 Å². The summed E-state index contributed by atoms with van der Waals surface area (Å²) in [7, 11) is 0. The number of nitrogens with zero attached hydrogens (tertiary/aromatic N) is 2. The molecule has 0 heterocycles. The van der Waals surface area contributed by atoms with Gasteiger partial charge in [0.05, 0.1) is 16.9 Å². The van der Waals surface area contributed by atoms with Crippen molar-refractivity contribution in [1.82, 2.24) is 5.32 Å². The van der Waals surface area contributed by atoms with Gasteiger partial charge < -0.3 is 20.1 Å². The number of hydrogen-bond donors (Lipinski definition) is 1. The number of benzene rings is 4. The van der Waals surface area contributed by atoms with E-state index in [4.69, 9.17) is 0 Å². The molecule has 8 nitrogen and oxygen atoms in total. The first kappa shape index (κ1) is 33.5. The summed E-state index contributed by atoms with van der Waals surface area (Å²) in [5, 5.41) is 25.6. The number of nitro groups is 1. The fourth-order valence-electron chi connectivity index (χ4n) is 4.75. The van der Waals surface area contributed by atoms with E-state index in [0.717, 1.165) is 27.9 Å². The predicted octanol–water partition coefficient (Wildman–Crippen LogP) is 2.38.